The summed E-state index contributed by atoms with van der Waals surface area (Å²) in [5, 5.41) is 15.0. The van der Waals surface area contributed by atoms with Crippen LogP contribution in [0.5, 0.6) is 5.75 Å². The lowest BCUT2D eigenvalue weighted by atomic mass is 9.62. The van der Waals surface area contributed by atoms with Crippen molar-refractivity contribution in [2.45, 2.75) is 43.9 Å². The number of carbonyl (C=O) groups is 3. The maximum Gasteiger partial charge on any atom is 0.250 e. The average molecular weight is 446 g/mol. The van der Waals surface area contributed by atoms with Gasteiger partial charge in [-0.15, -0.1) is 0 Å². The molecule has 174 valence electrons. The summed E-state index contributed by atoms with van der Waals surface area (Å²) in [6.07, 6.45) is 0.835. The van der Waals surface area contributed by atoms with Crippen molar-refractivity contribution >= 4 is 23.4 Å². The summed E-state index contributed by atoms with van der Waals surface area (Å²) in [6, 6.07) is 6.04. The molecule has 3 saturated heterocycles. The molecular weight excluding hydrogens is 414 g/mol. The van der Waals surface area contributed by atoms with E-state index in [-0.39, 0.29) is 36.8 Å². The van der Waals surface area contributed by atoms with Crippen LogP contribution in [0.15, 0.2) is 24.3 Å². The highest BCUT2D eigenvalue weighted by molar-refractivity contribution is 6.03. The van der Waals surface area contributed by atoms with E-state index in [1.807, 2.05) is 13.8 Å². The molecule has 0 saturated carbocycles. The van der Waals surface area contributed by atoms with Gasteiger partial charge in [-0.3, -0.25) is 14.4 Å². The fraction of sp³-hybridized carbons (Fsp3) is 0.609. The van der Waals surface area contributed by atoms with Crippen molar-refractivity contribution < 1.29 is 29.0 Å². The van der Waals surface area contributed by atoms with Gasteiger partial charge in [-0.2, -0.15) is 0 Å². The molecule has 0 radical (unpaired) electrons. The topological polar surface area (TPSA) is 117 Å². The number of amides is 3. The number of aliphatic hydroxyl groups is 1. The maximum atomic E-state index is 13.6. The Morgan fingerprint density at radius 3 is 2.56 bits per heavy atom. The van der Waals surface area contributed by atoms with E-state index in [9.17, 15) is 19.5 Å². The molecule has 3 aliphatic rings. The minimum absolute atomic E-state index is 0.0112. The van der Waals surface area contributed by atoms with Crippen LogP contribution in [0, 0.1) is 17.8 Å². The van der Waals surface area contributed by atoms with Gasteiger partial charge < -0.3 is 30.1 Å². The highest BCUT2D eigenvalue weighted by Gasteiger charge is 2.79. The fourth-order valence-corrected chi connectivity index (χ4v) is 5.96. The number of nitrogens with zero attached hydrogens (tertiary/aromatic N) is 1. The minimum Gasteiger partial charge on any atom is -0.497 e. The summed E-state index contributed by atoms with van der Waals surface area (Å²) >= 11 is 0. The first-order chi connectivity index (χ1) is 15.2. The van der Waals surface area contributed by atoms with Crippen LogP contribution in [0.4, 0.5) is 5.69 Å². The highest BCUT2D eigenvalue weighted by Crippen LogP contribution is 2.65. The molecule has 1 spiro atoms. The summed E-state index contributed by atoms with van der Waals surface area (Å²) in [5.74, 6) is -1.65. The first-order valence-electron chi connectivity index (χ1n) is 11.0. The fourth-order valence-electron chi connectivity index (χ4n) is 5.96. The van der Waals surface area contributed by atoms with Crippen molar-refractivity contribution in [3.63, 3.8) is 0 Å². The van der Waals surface area contributed by atoms with E-state index < -0.39 is 29.1 Å². The largest absolute Gasteiger partial charge is 0.497 e. The monoisotopic (exact) mass is 445 g/mol. The lowest BCUT2D eigenvalue weighted by molar-refractivity contribution is -0.146. The summed E-state index contributed by atoms with van der Waals surface area (Å²) in [7, 11) is 3.11. The lowest BCUT2D eigenvalue weighted by Gasteiger charge is -2.36. The number of ether oxygens (including phenoxy) is 2. The van der Waals surface area contributed by atoms with Crippen molar-refractivity contribution in [1.29, 1.82) is 0 Å². The van der Waals surface area contributed by atoms with Crippen molar-refractivity contribution in [3.05, 3.63) is 24.3 Å². The van der Waals surface area contributed by atoms with E-state index in [1.54, 1.807) is 38.4 Å². The van der Waals surface area contributed by atoms with Gasteiger partial charge in [0.05, 0.1) is 24.5 Å². The normalized spacial score (nSPS) is 35.0. The predicted octanol–water partition coefficient (Wildman–Crippen LogP) is 0.773. The lowest BCUT2D eigenvalue weighted by Crippen LogP contribution is -2.54. The number of hydrogen-bond donors (Lipinski definition) is 3. The number of fused-ring (bicyclic) bond motifs is 1. The van der Waals surface area contributed by atoms with Gasteiger partial charge in [-0.25, -0.2) is 0 Å². The second-order valence-electron chi connectivity index (χ2n) is 9.14. The molecule has 4 rings (SSSR count). The molecule has 3 unspecified atom stereocenters. The minimum atomic E-state index is -1.09. The van der Waals surface area contributed by atoms with E-state index in [1.165, 1.54) is 4.90 Å². The van der Waals surface area contributed by atoms with Gasteiger partial charge in [-0.05, 0) is 49.9 Å². The summed E-state index contributed by atoms with van der Waals surface area (Å²) in [5.41, 5.74) is -1.35. The number of carbonyl (C=O) groups excluding carboxylic acids is 3. The van der Waals surface area contributed by atoms with Crippen LogP contribution in [0.2, 0.25) is 0 Å². The predicted molar refractivity (Wildman–Crippen MR) is 116 cm³/mol. The SMILES string of the molecule is CNC(=O)[C@H]1[C@H]2C(=O)N(CCCO)C(C(=O)Nc3ccc(OC)cc3)C23CC(C)[C@]1(C)O3. The van der Waals surface area contributed by atoms with Gasteiger partial charge in [0.2, 0.25) is 17.7 Å². The quantitative estimate of drug-likeness (QED) is 0.571. The number of nitrogens with one attached hydrogen (secondary N) is 2. The molecule has 3 heterocycles. The molecule has 3 amide bonds. The Balaban J connectivity index is 1.72. The first-order valence-corrected chi connectivity index (χ1v) is 11.0. The zero-order valence-electron chi connectivity index (χ0n) is 18.9. The highest BCUT2D eigenvalue weighted by atomic mass is 16.5. The molecule has 6 atom stereocenters. The van der Waals surface area contributed by atoms with Crippen molar-refractivity contribution in [3.8, 4) is 5.75 Å². The molecule has 32 heavy (non-hydrogen) atoms. The Morgan fingerprint density at radius 1 is 1.28 bits per heavy atom. The van der Waals surface area contributed by atoms with Crippen LogP contribution in [-0.4, -0.2) is 72.3 Å². The Labute approximate surface area is 187 Å². The van der Waals surface area contributed by atoms with Gasteiger partial charge in [0.1, 0.15) is 17.4 Å². The molecule has 3 aliphatic heterocycles. The smallest absolute Gasteiger partial charge is 0.250 e. The van der Waals surface area contributed by atoms with E-state index in [0.29, 0.717) is 24.3 Å². The molecule has 0 aliphatic carbocycles. The van der Waals surface area contributed by atoms with E-state index in [0.717, 1.165) is 0 Å². The van der Waals surface area contributed by atoms with Gasteiger partial charge in [-0.1, -0.05) is 6.92 Å². The number of benzene rings is 1. The maximum absolute atomic E-state index is 13.6. The van der Waals surface area contributed by atoms with Crippen LogP contribution in [0.25, 0.3) is 0 Å². The third kappa shape index (κ3) is 3.09. The number of methoxy groups -OCH3 is 1. The second kappa shape index (κ2) is 8.04. The van der Waals surface area contributed by atoms with Gasteiger partial charge >= 0.3 is 0 Å². The average Bonchev–Trinajstić information content (AvgIpc) is 3.29. The van der Waals surface area contributed by atoms with Crippen LogP contribution in [-0.2, 0) is 19.1 Å². The Hall–Kier alpha value is -2.65. The summed E-state index contributed by atoms with van der Waals surface area (Å²) < 4.78 is 11.7. The third-order valence-electron chi connectivity index (χ3n) is 7.51. The van der Waals surface area contributed by atoms with Crippen LogP contribution in [0.3, 0.4) is 0 Å². The zero-order chi connectivity index (χ0) is 23.3. The van der Waals surface area contributed by atoms with Gasteiger partial charge in [0, 0.05) is 25.9 Å². The van der Waals surface area contributed by atoms with Gasteiger partial charge in [0.25, 0.3) is 0 Å². The van der Waals surface area contributed by atoms with E-state index in [2.05, 4.69) is 10.6 Å². The standard InChI is InChI=1S/C23H31N3O6/c1-13-12-23-17(16(19(28)24-3)22(13,2)32-23)21(30)26(10-5-11-27)18(23)20(29)25-14-6-8-15(31-4)9-7-14/h6-9,13,16-18,27H,5,10-12H2,1-4H3,(H,24,28)(H,25,29)/t13?,16-,17+,18?,22+,23?/m1/s1. The Morgan fingerprint density at radius 2 is 1.97 bits per heavy atom. The number of likely N-dealkylation sites (tertiary alicyclic amines) is 1. The number of aliphatic hydroxyl groups excluding tert-OH is 1. The molecule has 1 aromatic rings. The van der Waals surface area contributed by atoms with Crippen LogP contribution in [0.1, 0.15) is 26.7 Å². The molecule has 9 nitrogen and oxygen atoms in total. The zero-order valence-corrected chi connectivity index (χ0v) is 18.9. The van der Waals surface area contributed by atoms with Gasteiger partial charge in [0.15, 0.2) is 0 Å². The van der Waals surface area contributed by atoms with E-state index in [4.69, 9.17) is 9.47 Å². The second-order valence-corrected chi connectivity index (χ2v) is 9.14. The van der Waals surface area contributed by atoms with Crippen molar-refractivity contribution in [1.82, 2.24) is 10.2 Å². The number of rotatable bonds is 7. The summed E-state index contributed by atoms with van der Waals surface area (Å²) in [4.78, 5) is 41.6. The molecular formula is C23H31N3O6. The van der Waals surface area contributed by atoms with Crippen molar-refractivity contribution in [2.24, 2.45) is 17.8 Å². The molecule has 0 aromatic heterocycles. The van der Waals surface area contributed by atoms with Crippen LogP contribution >= 0.6 is 0 Å². The molecule has 3 fully saturated rings. The first kappa shape index (κ1) is 22.5. The molecule has 9 heteroatoms. The number of hydrogen-bond acceptors (Lipinski definition) is 6. The Kier molecular flexibility index (Phi) is 5.67. The van der Waals surface area contributed by atoms with Crippen molar-refractivity contribution in [2.75, 3.05) is 32.6 Å². The summed E-state index contributed by atoms with van der Waals surface area (Å²) in [6.45, 7) is 3.97. The van der Waals surface area contributed by atoms with Crippen LogP contribution < -0.4 is 15.4 Å². The van der Waals surface area contributed by atoms with E-state index >= 15 is 0 Å². The third-order valence-corrected chi connectivity index (χ3v) is 7.51. The molecule has 1 aromatic carbocycles. The molecule has 3 N–H and O–H groups in total. The molecule has 2 bridgehead atoms. The Bertz CT molecular complexity index is 921. The number of anilines is 1.